The first-order valence-corrected chi connectivity index (χ1v) is 7.45. The fourth-order valence-corrected chi connectivity index (χ4v) is 2.31. The summed E-state index contributed by atoms with van der Waals surface area (Å²) >= 11 is 0. The van der Waals surface area contributed by atoms with E-state index in [2.05, 4.69) is 18.9 Å². The van der Waals surface area contributed by atoms with Crippen molar-refractivity contribution in [2.24, 2.45) is 5.92 Å². The standard InChI is InChI=1S/C17H23N3O/c1-4-19(12-14(2)3)17(21)16-8-6-15(7-9-16)13-20-11-5-10-18-20/h5-11,14H,4,12-13H2,1-3H3. The van der Waals surface area contributed by atoms with E-state index in [0.29, 0.717) is 5.92 Å². The molecule has 0 aliphatic rings. The van der Waals surface area contributed by atoms with E-state index in [1.54, 1.807) is 6.20 Å². The van der Waals surface area contributed by atoms with Crippen molar-refractivity contribution >= 4 is 5.91 Å². The van der Waals surface area contributed by atoms with Crippen LogP contribution >= 0.6 is 0 Å². The topological polar surface area (TPSA) is 38.1 Å². The van der Waals surface area contributed by atoms with Crippen molar-refractivity contribution in [3.8, 4) is 0 Å². The number of hydrogen-bond donors (Lipinski definition) is 0. The van der Waals surface area contributed by atoms with Gasteiger partial charge in [0.25, 0.3) is 5.91 Å². The van der Waals surface area contributed by atoms with Crippen LogP contribution in [0.3, 0.4) is 0 Å². The van der Waals surface area contributed by atoms with Gasteiger partial charge in [0, 0.05) is 31.0 Å². The van der Waals surface area contributed by atoms with Gasteiger partial charge < -0.3 is 4.90 Å². The lowest BCUT2D eigenvalue weighted by Crippen LogP contribution is -2.33. The van der Waals surface area contributed by atoms with E-state index in [0.717, 1.165) is 30.8 Å². The third kappa shape index (κ3) is 4.18. The molecule has 1 amide bonds. The average molecular weight is 285 g/mol. The predicted molar refractivity (Wildman–Crippen MR) is 84.2 cm³/mol. The van der Waals surface area contributed by atoms with E-state index in [-0.39, 0.29) is 5.91 Å². The summed E-state index contributed by atoms with van der Waals surface area (Å²) in [7, 11) is 0. The summed E-state index contributed by atoms with van der Waals surface area (Å²) in [5.74, 6) is 0.588. The second-order valence-corrected chi connectivity index (χ2v) is 5.64. The Labute approximate surface area is 126 Å². The minimum absolute atomic E-state index is 0.108. The van der Waals surface area contributed by atoms with Crippen molar-refractivity contribution in [1.82, 2.24) is 14.7 Å². The van der Waals surface area contributed by atoms with Crippen molar-refractivity contribution in [2.75, 3.05) is 13.1 Å². The van der Waals surface area contributed by atoms with Crippen LogP contribution < -0.4 is 0 Å². The first-order chi connectivity index (χ1) is 10.1. The smallest absolute Gasteiger partial charge is 0.253 e. The minimum atomic E-state index is 0.108. The van der Waals surface area contributed by atoms with Crippen LogP contribution in [-0.4, -0.2) is 33.7 Å². The molecule has 0 aliphatic carbocycles. The molecule has 0 saturated carbocycles. The molecule has 0 unspecified atom stereocenters. The highest BCUT2D eigenvalue weighted by Gasteiger charge is 2.14. The molecule has 1 heterocycles. The Morgan fingerprint density at radius 3 is 2.52 bits per heavy atom. The maximum atomic E-state index is 12.4. The molecule has 0 atom stereocenters. The van der Waals surface area contributed by atoms with Gasteiger partial charge in [-0.1, -0.05) is 26.0 Å². The predicted octanol–water partition coefficient (Wildman–Crippen LogP) is 3.05. The van der Waals surface area contributed by atoms with Gasteiger partial charge in [-0.3, -0.25) is 9.48 Å². The first kappa shape index (κ1) is 15.3. The SMILES string of the molecule is CCN(CC(C)C)C(=O)c1ccc(Cn2cccn2)cc1. The Morgan fingerprint density at radius 2 is 2.00 bits per heavy atom. The zero-order valence-electron chi connectivity index (χ0n) is 13.0. The monoisotopic (exact) mass is 285 g/mol. The molecule has 0 spiro atoms. The molecule has 2 aromatic rings. The van der Waals surface area contributed by atoms with Gasteiger partial charge in [0.2, 0.25) is 0 Å². The number of carbonyl (C=O) groups excluding carboxylic acids is 1. The van der Waals surface area contributed by atoms with E-state index in [4.69, 9.17) is 0 Å². The van der Waals surface area contributed by atoms with Gasteiger partial charge in [0.05, 0.1) is 6.54 Å². The van der Waals surface area contributed by atoms with Crippen LogP contribution in [0, 0.1) is 5.92 Å². The minimum Gasteiger partial charge on any atom is -0.339 e. The summed E-state index contributed by atoms with van der Waals surface area (Å²) in [5.41, 5.74) is 1.89. The third-order valence-electron chi connectivity index (χ3n) is 3.36. The number of rotatable bonds is 6. The van der Waals surface area contributed by atoms with Crippen molar-refractivity contribution in [3.63, 3.8) is 0 Å². The van der Waals surface area contributed by atoms with Crippen LogP contribution in [0.15, 0.2) is 42.7 Å². The Hall–Kier alpha value is -2.10. The third-order valence-corrected chi connectivity index (χ3v) is 3.36. The molecule has 0 aliphatic heterocycles. The lowest BCUT2D eigenvalue weighted by atomic mass is 10.1. The maximum absolute atomic E-state index is 12.4. The molecule has 0 bridgehead atoms. The van der Waals surface area contributed by atoms with Gasteiger partial charge in [-0.15, -0.1) is 0 Å². The van der Waals surface area contributed by atoms with Gasteiger partial charge in [0.15, 0.2) is 0 Å². The highest BCUT2D eigenvalue weighted by atomic mass is 16.2. The summed E-state index contributed by atoms with van der Waals surface area (Å²) in [6, 6.07) is 9.72. The zero-order chi connectivity index (χ0) is 15.2. The molecule has 21 heavy (non-hydrogen) atoms. The molecule has 0 saturated heterocycles. The number of amides is 1. The van der Waals surface area contributed by atoms with Crippen molar-refractivity contribution < 1.29 is 4.79 Å². The summed E-state index contributed by atoms with van der Waals surface area (Å²) < 4.78 is 1.87. The van der Waals surface area contributed by atoms with Crippen LogP contribution in [0.4, 0.5) is 0 Å². The van der Waals surface area contributed by atoms with Crippen molar-refractivity contribution in [3.05, 3.63) is 53.9 Å². The van der Waals surface area contributed by atoms with E-state index in [1.807, 2.05) is 53.0 Å². The molecular weight excluding hydrogens is 262 g/mol. The second-order valence-electron chi connectivity index (χ2n) is 5.64. The van der Waals surface area contributed by atoms with Crippen LogP contribution in [-0.2, 0) is 6.54 Å². The average Bonchev–Trinajstić information content (AvgIpc) is 2.97. The number of carbonyl (C=O) groups is 1. The lowest BCUT2D eigenvalue weighted by molar-refractivity contribution is 0.0746. The molecule has 0 radical (unpaired) electrons. The lowest BCUT2D eigenvalue weighted by Gasteiger charge is -2.23. The molecule has 0 N–H and O–H groups in total. The highest BCUT2D eigenvalue weighted by molar-refractivity contribution is 5.94. The summed E-state index contributed by atoms with van der Waals surface area (Å²) in [5, 5.41) is 4.18. The molecule has 1 aromatic carbocycles. The summed E-state index contributed by atoms with van der Waals surface area (Å²) in [4.78, 5) is 14.3. The van der Waals surface area contributed by atoms with Crippen LogP contribution in [0.1, 0.15) is 36.7 Å². The summed E-state index contributed by atoms with van der Waals surface area (Å²) in [6.07, 6.45) is 3.70. The van der Waals surface area contributed by atoms with E-state index < -0.39 is 0 Å². The molecule has 112 valence electrons. The Morgan fingerprint density at radius 1 is 1.29 bits per heavy atom. The number of aromatic nitrogens is 2. The van der Waals surface area contributed by atoms with Crippen molar-refractivity contribution in [2.45, 2.75) is 27.3 Å². The number of benzene rings is 1. The fraction of sp³-hybridized carbons (Fsp3) is 0.412. The summed E-state index contributed by atoms with van der Waals surface area (Å²) in [6.45, 7) is 8.54. The normalized spacial score (nSPS) is 10.9. The zero-order valence-corrected chi connectivity index (χ0v) is 13.0. The quantitative estimate of drug-likeness (QED) is 0.818. The largest absolute Gasteiger partial charge is 0.339 e. The molecule has 4 heteroatoms. The van der Waals surface area contributed by atoms with Crippen LogP contribution in [0.25, 0.3) is 0 Å². The Bertz CT molecular complexity index is 558. The highest BCUT2D eigenvalue weighted by Crippen LogP contribution is 2.10. The van der Waals surface area contributed by atoms with Crippen molar-refractivity contribution in [1.29, 1.82) is 0 Å². The van der Waals surface area contributed by atoms with E-state index in [1.165, 1.54) is 0 Å². The molecule has 4 nitrogen and oxygen atoms in total. The maximum Gasteiger partial charge on any atom is 0.253 e. The fourth-order valence-electron chi connectivity index (χ4n) is 2.31. The molecule has 0 fully saturated rings. The second kappa shape index (κ2) is 7.07. The van der Waals surface area contributed by atoms with E-state index in [9.17, 15) is 4.79 Å². The van der Waals surface area contributed by atoms with E-state index >= 15 is 0 Å². The number of hydrogen-bond acceptors (Lipinski definition) is 2. The first-order valence-electron chi connectivity index (χ1n) is 7.45. The molecular formula is C17H23N3O. The number of nitrogens with zero attached hydrogens (tertiary/aromatic N) is 3. The van der Waals surface area contributed by atoms with Gasteiger partial charge in [0.1, 0.15) is 0 Å². The Kier molecular flexibility index (Phi) is 5.14. The van der Waals surface area contributed by atoms with Gasteiger partial charge in [-0.2, -0.15) is 5.10 Å². The van der Waals surface area contributed by atoms with Gasteiger partial charge in [-0.25, -0.2) is 0 Å². The van der Waals surface area contributed by atoms with Crippen LogP contribution in [0.2, 0.25) is 0 Å². The van der Waals surface area contributed by atoms with Gasteiger partial charge >= 0.3 is 0 Å². The van der Waals surface area contributed by atoms with Gasteiger partial charge in [-0.05, 0) is 36.6 Å². The van der Waals surface area contributed by atoms with Crippen LogP contribution in [0.5, 0.6) is 0 Å². The molecule has 1 aromatic heterocycles. The molecule has 2 rings (SSSR count). The Balaban J connectivity index is 2.05.